The lowest BCUT2D eigenvalue weighted by Gasteiger charge is -2.15. The standard InChI is InChI=1S/C29H21Br2N3O3/c1-36-24-16-21(25(30)26(31)27(24)37-18-19-10-4-2-5-11-19)17-32-34-28(20-12-6-3-7-13-20)33-23-15-9-8-14-22(23)29(34)35/h2-17H,18H2,1H3. The van der Waals surface area contributed by atoms with Crippen LogP contribution in [0.3, 0.4) is 0 Å². The van der Waals surface area contributed by atoms with Crippen molar-refractivity contribution in [1.82, 2.24) is 9.66 Å². The maximum absolute atomic E-state index is 13.4. The van der Waals surface area contributed by atoms with Crippen molar-refractivity contribution in [1.29, 1.82) is 0 Å². The molecule has 0 N–H and O–H groups in total. The largest absolute Gasteiger partial charge is 0.493 e. The first kappa shape index (κ1) is 24.9. The number of ether oxygens (including phenoxy) is 2. The third-order valence-electron chi connectivity index (χ3n) is 5.70. The zero-order valence-electron chi connectivity index (χ0n) is 19.8. The van der Waals surface area contributed by atoms with E-state index in [2.05, 4.69) is 37.0 Å². The Kier molecular flexibility index (Phi) is 7.48. The van der Waals surface area contributed by atoms with Crippen molar-refractivity contribution in [2.24, 2.45) is 5.10 Å². The van der Waals surface area contributed by atoms with E-state index < -0.39 is 0 Å². The number of aromatic nitrogens is 2. The van der Waals surface area contributed by atoms with Gasteiger partial charge in [0.25, 0.3) is 5.56 Å². The van der Waals surface area contributed by atoms with Crippen molar-refractivity contribution in [3.63, 3.8) is 0 Å². The molecule has 0 saturated carbocycles. The molecule has 0 saturated heterocycles. The molecule has 0 atom stereocenters. The van der Waals surface area contributed by atoms with Crippen LogP contribution >= 0.6 is 31.9 Å². The predicted octanol–water partition coefficient (Wildman–Crippen LogP) is 7.06. The van der Waals surface area contributed by atoms with Gasteiger partial charge in [-0.3, -0.25) is 4.79 Å². The summed E-state index contributed by atoms with van der Waals surface area (Å²) in [7, 11) is 1.58. The summed E-state index contributed by atoms with van der Waals surface area (Å²) < 4.78 is 14.4. The highest BCUT2D eigenvalue weighted by Gasteiger charge is 2.18. The van der Waals surface area contributed by atoms with E-state index in [1.54, 1.807) is 25.5 Å². The molecule has 8 heteroatoms. The number of hydrogen-bond donors (Lipinski definition) is 0. The summed E-state index contributed by atoms with van der Waals surface area (Å²) in [5.41, 5.74) is 2.86. The maximum Gasteiger partial charge on any atom is 0.282 e. The zero-order chi connectivity index (χ0) is 25.8. The molecule has 1 heterocycles. The molecule has 0 aliphatic heterocycles. The second kappa shape index (κ2) is 11.1. The smallest absolute Gasteiger partial charge is 0.282 e. The Morgan fingerprint density at radius 1 is 0.919 bits per heavy atom. The Morgan fingerprint density at radius 2 is 1.59 bits per heavy atom. The van der Waals surface area contributed by atoms with Crippen LogP contribution in [0.1, 0.15) is 11.1 Å². The van der Waals surface area contributed by atoms with Crippen LogP contribution in [-0.2, 0) is 6.61 Å². The van der Waals surface area contributed by atoms with Gasteiger partial charge in [-0.1, -0.05) is 72.8 Å². The number of methoxy groups -OCH3 is 1. The van der Waals surface area contributed by atoms with Gasteiger partial charge >= 0.3 is 0 Å². The van der Waals surface area contributed by atoms with Crippen LogP contribution in [0, 0.1) is 0 Å². The zero-order valence-corrected chi connectivity index (χ0v) is 22.9. The fourth-order valence-electron chi connectivity index (χ4n) is 3.84. The predicted molar refractivity (Wildman–Crippen MR) is 154 cm³/mol. The van der Waals surface area contributed by atoms with Crippen molar-refractivity contribution < 1.29 is 9.47 Å². The van der Waals surface area contributed by atoms with E-state index >= 15 is 0 Å². The highest BCUT2D eigenvalue weighted by molar-refractivity contribution is 9.13. The molecule has 0 spiro atoms. The minimum atomic E-state index is -0.259. The van der Waals surface area contributed by atoms with Gasteiger partial charge in [-0.25, -0.2) is 4.98 Å². The Labute approximate surface area is 230 Å². The molecule has 0 aliphatic carbocycles. The molecule has 0 amide bonds. The summed E-state index contributed by atoms with van der Waals surface area (Å²) in [6, 6.07) is 28.5. The number of benzene rings is 4. The number of nitrogens with zero attached hydrogens (tertiary/aromatic N) is 3. The topological polar surface area (TPSA) is 65.7 Å². The van der Waals surface area contributed by atoms with Crippen molar-refractivity contribution in [3.05, 3.63) is 121 Å². The SMILES string of the molecule is COc1cc(C=Nn2c(-c3ccccc3)nc3ccccc3c2=O)c(Br)c(Br)c1OCc1ccccc1. The normalized spacial score (nSPS) is 11.2. The highest BCUT2D eigenvalue weighted by atomic mass is 79.9. The maximum atomic E-state index is 13.4. The van der Waals surface area contributed by atoms with E-state index in [0.29, 0.717) is 49.3 Å². The lowest BCUT2D eigenvalue weighted by molar-refractivity contribution is 0.282. The molecule has 6 nitrogen and oxygen atoms in total. The molecule has 0 unspecified atom stereocenters. The average Bonchev–Trinajstić information content (AvgIpc) is 2.95. The van der Waals surface area contributed by atoms with Crippen molar-refractivity contribution in [3.8, 4) is 22.9 Å². The summed E-state index contributed by atoms with van der Waals surface area (Å²) in [4.78, 5) is 18.2. The van der Waals surface area contributed by atoms with Crippen LogP contribution in [0.15, 0.2) is 110 Å². The summed E-state index contributed by atoms with van der Waals surface area (Å²) in [6.45, 7) is 0.383. The summed E-state index contributed by atoms with van der Waals surface area (Å²) in [5.74, 6) is 1.54. The molecule has 5 aromatic rings. The third kappa shape index (κ3) is 5.21. The second-order valence-electron chi connectivity index (χ2n) is 8.08. The van der Waals surface area contributed by atoms with Gasteiger partial charge in [0.05, 0.1) is 28.7 Å². The Bertz CT molecular complexity index is 1650. The fourth-order valence-corrected chi connectivity index (χ4v) is 4.78. The number of para-hydroxylation sites is 1. The number of rotatable bonds is 7. The Hall–Kier alpha value is -3.75. The summed E-state index contributed by atoms with van der Waals surface area (Å²) in [5, 5.41) is 5.06. The van der Waals surface area contributed by atoms with Crippen LogP contribution in [0.25, 0.3) is 22.3 Å². The molecule has 184 valence electrons. The van der Waals surface area contributed by atoms with Gasteiger partial charge in [-0.15, -0.1) is 0 Å². The molecule has 1 aromatic heterocycles. The summed E-state index contributed by atoms with van der Waals surface area (Å²) in [6.07, 6.45) is 1.60. The van der Waals surface area contributed by atoms with Crippen LogP contribution in [0.4, 0.5) is 0 Å². The quantitative estimate of drug-likeness (QED) is 0.183. The van der Waals surface area contributed by atoms with Gasteiger partial charge in [0.1, 0.15) is 6.61 Å². The van der Waals surface area contributed by atoms with Gasteiger partial charge in [0, 0.05) is 15.6 Å². The van der Waals surface area contributed by atoms with Gasteiger partial charge in [0.15, 0.2) is 17.3 Å². The van der Waals surface area contributed by atoms with Gasteiger partial charge in [-0.05, 0) is 55.6 Å². The van der Waals surface area contributed by atoms with E-state index in [0.717, 1.165) is 11.1 Å². The van der Waals surface area contributed by atoms with Crippen LogP contribution < -0.4 is 15.0 Å². The van der Waals surface area contributed by atoms with Gasteiger partial charge < -0.3 is 9.47 Å². The molecule has 5 rings (SSSR count). The molecule has 0 radical (unpaired) electrons. The van der Waals surface area contributed by atoms with E-state index in [1.165, 1.54) is 4.68 Å². The first-order valence-electron chi connectivity index (χ1n) is 11.4. The molecular formula is C29H21Br2N3O3. The minimum Gasteiger partial charge on any atom is -0.493 e. The van der Waals surface area contributed by atoms with Crippen molar-refractivity contribution in [2.45, 2.75) is 6.61 Å². The number of hydrogen-bond acceptors (Lipinski definition) is 5. The monoisotopic (exact) mass is 617 g/mol. The molecule has 0 fully saturated rings. The first-order chi connectivity index (χ1) is 18.1. The van der Waals surface area contributed by atoms with Crippen LogP contribution in [0.2, 0.25) is 0 Å². The van der Waals surface area contributed by atoms with Crippen LogP contribution in [0.5, 0.6) is 11.5 Å². The Balaban J connectivity index is 1.57. The third-order valence-corrected chi connectivity index (χ3v) is 7.84. The molecule has 4 aromatic carbocycles. The Morgan fingerprint density at radius 3 is 2.32 bits per heavy atom. The van der Waals surface area contributed by atoms with E-state index in [1.807, 2.05) is 78.9 Å². The lowest BCUT2D eigenvalue weighted by atomic mass is 10.2. The lowest BCUT2D eigenvalue weighted by Crippen LogP contribution is -2.20. The van der Waals surface area contributed by atoms with Crippen molar-refractivity contribution >= 4 is 49.0 Å². The molecule has 0 bridgehead atoms. The molecular weight excluding hydrogens is 598 g/mol. The van der Waals surface area contributed by atoms with E-state index in [-0.39, 0.29) is 5.56 Å². The van der Waals surface area contributed by atoms with Crippen molar-refractivity contribution in [2.75, 3.05) is 7.11 Å². The molecule has 0 aliphatic rings. The van der Waals surface area contributed by atoms with E-state index in [4.69, 9.17) is 14.5 Å². The second-order valence-corrected chi connectivity index (χ2v) is 9.67. The van der Waals surface area contributed by atoms with Crippen LogP contribution in [-0.4, -0.2) is 23.0 Å². The van der Waals surface area contributed by atoms with E-state index in [9.17, 15) is 4.79 Å². The summed E-state index contributed by atoms with van der Waals surface area (Å²) >= 11 is 7.27. The number of fused-ring (bicyclic) bond motifs is 1. The number of halogens is 2. The molecule has 37 heavy (non-hydrogen) atoms. The fraction of sp³-hybridized carbons (Fsp3) is 0.0690. The highest BCUT2D eigenvalue weighted by Crippen LogP contribution is 2.42. The first-order valence-corrected chi connectivity index (χ1v) is 13.0. The van der Waals surface area contributed by atoms with Gasteiger partial charge in [0.2, 0.25) is 0 Å². The average molecular weight is 619 g/mol. The minimum absolute atomic E-state index is 0.259. The van der Waals surface area contributed by atoms with Gasteiger partial charge in [-0.2, -0.15) is 9.78 Å².